The summed E-state index contributed by atoms with van der Waals surface area (Å²) in [5.41, 5.74) is 0. The molecule has 0 aliphatic heterocycles. The van der Waals surface area contributed by atoms with E-state index in [4.69, 9.17) is 4.74 Å². The van der Waals surface area contributed by atoms with Gasteiger partial charge in [0.2, 0.25) is 5.88 Å². The number of aromatic nitrogens is 2. The molecule has 20 heavy (non-hydrogen) atoms. The molecule has 4 nitrogen and oxygen atoms in total. The van der Waals surface area contributed by atoms with Gasteiger partial charge in [0.25, 0.3) is 0 Å². The summed E-state index contributed by atoms with van der Waals surface area (Å²) in [4.78, 5) is 9.54. The second-order valence-electron chi connectivity index (χ2n) is 4.18. The maximum atomic E-state index is 5.48. The first-order chi connectivity index (χ1) is 9.88. The monoisotopic (exact) mass is 289 g/mol. The van der Waals surface area contributed by atoms with E-state index in [1.807, 2.05) is 23.9 Å². The van der Waals surface area contributed by atoms with Gasteiger partial charge in [-0.1, -0.05) is 25.1 Å². The smallest absolute Gasteiger partial charge is 0.218 e. The lowest BCUT2D eigenvalue weighted by molar-refractivity contribution is 0.305. The van der Waals surface area contributed by atoms with Gasteiger partial charge in [0, 0.05) is 23.3 Å². The summed E-state index contributed by atoms with van der Waals surface area (Å²) in [6.45, 7) is 3.60. The lowest BCUT2D eigenvalue weighted by Crippen LogP contribution is -2.06. The fourth-order valence-corrected chi connectivity index (χ4v) is 2.38. The Balaban J connectivity index is 1.73. The summed E-state index contributed by atoms with van der Waals surface area (Å²) in [6, 6.07) is 12.2. The number of hydrogen-bond acceptors (Lipinski definition) is 5. The van der Waals surface area contributed by atoms with Gasteiger partial charge in [-0.2, -0.15) is 0 Å². The molecule has 1 N–H and O–H groups in total. The van der Waals surface area contributed by atoms with Gasteiger partial charge in [-0.15, -0.1) is 11.8 Å². The molecular formula is C15H19N3OS. The molecule has 1 heterocycles. The Morgan fingerprint density at radius 2 is 2.05 bits per heavy atom. The number of thioether (sulfide) groups is 1. The third-order valence-electron chi connectivity index (χ3n) is 2.52. The quantitative estimate of drug-likeness (QED) is 0.595. The average Bonchev–Trinajstić information content (AvgIpc) is 2.51. The zero-order valence-electron chi connectivity index (χ0n) is 11.6. The molecule has 0 saturated carbocycles. The summed E-state index contributed by atoms with van der Waals surface area (Å²) in [6.07, 6.45) is 2.50. The first kappa shape index (κ1) is 14.7. The highest BCUT2D eigenvalue weighted by Crippen LogP contribution is 2.17. The van der Waals surface area contributed by atoms with Crippen LogP contribution in [0.2, 0.25) is 0 Å². The van der Waals surface area contributed by atoms with E-state index in [9.17, 15) is 0 Å². The Labute approximate surface area is 124 Å². The Kier molecular flexibility index (Phi) is 6.17. The average molecular weight is 289 g/mol. The van der Waals surface area contributed by atoms with Gasteiger partial charge in [0.1, 0.15) is 12.1 Å². The maximum Gasteiger partial charge on any atom is 0.218 e. The largest absolute Gasteiger partial charge is 0.478 e. The standard InChI is InChI=1S/C15H19N3OS/c1-2-9-19-15-11-14(17-12-18-15)16-8-10-20-13-6-4-3-5-7-13/h3-7,11-12H,2,8-10H2,1H3,(H,16,17,18). The molecule has 1 aromatic carbocycles. The zero-order chi connectivity index (χ0) is 14.0. The molecule has 1 aromatic heterocycles. The van der Waals surface area contributed by atoms with Crippen molar-refractivity contribution in [2.75, 3.05) is 24.2 Å². The Morgan fingerprint density at radius 1 is 1.20 bits per heavy atom. The van der Waals surface area contributed by atoms with E-state index < -0.39 is 0 Å². The number of nitrogens with zero attached hydrogens (tertiary/aromatic N) is 2. The van der Waals surface area contributed by atoms with Crippen LogP contribution in [0.25, 0.3) is 0 Å². The highest BCUT2D eigenvalue weighted by Gasteiger charge is 1.99. The zero-order valence-corrected chi connectivity index (χ0v) is 12.4. The fraction of sp³-hybridized carbons (Fsp3) is 0.333. The number of nitrogens with one attached hydrogen (secondary N) is 1. The summed E-state index contributed by atoms with van der Waals surface area (Å²) in [5, 5.41) is 3.28. The second kappa shape index (κ2) is 8.43. The van der Waals surface area contributed by atoms with Gasteiger partial charge < -0.3 is 10.1 Å². The molecule has 106 valence electrons. The molecule has 0 bridgehead atoms. The molecule has 0 atom stereocenters. The van der Waals surface area contributed by atoms with Crippen molar-refractivity contribution in [1.29, 1.82) is 0 Å². The van der Waals surface area contributed by atoms with Crippen molar-refractivity contribution in [3.63, 3.8) is 0 Å². The number of anilines is 1. The van der Waals surface area contributed by atoms with E-state index in [1.165, 1.54) is 11.2 Å². The minimum atomic E-state index is 0.625. The Morgan fingerprint density at radius 3 is 2.85 bits per heavy atom. The van der Waals surface area contributed by atoms with E-state index in [1.54, 1.807) is 0 Å². The molecule has 0 spiro atoms. The molecule has 2 rings (SSSR count). The van der Waals surface area contributed by atoms with Crippen LogP contribution in [-0.2, 0) is 0 Å². The molecule has 0 fully saturated rings. The number of benzene rings is 1. The van der Waals surface area contributed by atoms with Crippen molar-refractivity contribution >= 4 is 17.6 Å². The van der Waals surface area contributed by atoms with Gasteiger partial charge in [-0.25, -0.2) is 9.97 Å². The van der Waals surface area contributed by atoms with Crippen LogP contribution in [0.5, 0.6) is 5.88 Å². The van der Waals surface area contributed by atoms with E-state index in [-0.39, 0.29) is 0 Å². The predicted octanol–water partition coefficient (Wildman–Crippen LogP) is 3.47. The molecule has 0 amide bonds. The SMILES string of the molecule is CCCOc1cc(NCCSc2ccccc2)ncn1. The first-order valence-corrected chi connectivity index (χ1v) is 7.73. The molecule has 2 aromatic rings. The first-order valence-electron chi connectivity index (χ1n) is 6.75. The number of hydrogen-bond donors (Lipinski definition) is 1. The third kappa shape index (κ3) is 5.09. The third-order valence-corrected chi connectivity index (χ3v) is 3.53. The van der Waals surface area contributed by atoms with Gasteiger partial charge in [0.15, 0.2) is 0 Å². The molecular weight excluding hydrogens is 270 g/mol. The topological polar surface area (TPSA) is 47.0 Å². The molecule has 0 aliphatic rings. The predicted molar refractivity (Wildman–Crippen MR) is 83.5 cm³/mol. The number of ether oxygens (including phenoxy) is 1. The Bertz CT molecular complexity index is 507. The van der Waals surface area contributed by atoms with Crippen LogP contribution in [0, 0.1) is 0 Å². The van der Waals surface area contributed by atoms with Gasteiger partial charge in [-0.3, -0.25) is 0 Å². The molecule has 0 unspecified atom stereocenters. The summed E-state index contributed by atoms with van der Waals surface area (Å²) >= 11 is 1.82. The van der Waals surface area contributed by atoms with Crippen LogP contribution >= 0.6 is 11.8 Å². The van der Waals surface area contributed by atoms with Crippen molar-refractivity contribution in [1.82, 2.24) is 9.97 Å². The van der Waals surface area contributed by atoms with Gasteiger partial charge in [-0.05, 0) is 18.6 Å². The Hall–Kier alpha value is -1.75. The van der Waals surface area contributed by atoms with E-state index in [2.05, 4.69) is 46.5 Å². The van der Waals surface area contributed by atoms with Crippen molar-refractivity contribution in [3.05, 3.63) is 42.7 Å². The van der Waals surface area contributed by atoms with E-state index in [0.29, 0.717) is 12.5 Å². The van der Waals surface area contributed by atoms with Crippen molar-refractivity contribution < 1.29 is 4.74 Å². The lowest BCUT2D eigenvalue weighted by Gasteiger charge is -2.07. The van der Waals surface area contributed by atoms with E-state index in [0.717, 1.165) is 24.5 Å². The minimum absolute atomic E-state index is 0.625. The van der Waals surface area contributed by atoms with Crippen molar-refractivity contribution in [3.8, 4) is 5.88 Å². The summed E-state index contributed by atoms with van der Waals surface area (Å²) in [5.74, 6) is 2.42. The van der Waals surface area contributed by atoms with Crippen molar-refractivity contribution in [2.45, 2.75) is 18.2 Å². The number of rotatable bonds is 8. The lowest BCUT2D eigenvalue weighted by atomic mass is 10.4. The van der Waals surface area contributed by atoms with Gasteiger partial charge >= 0.3 is 0 Å². The van der Waals surface area contributed by atoms with Crippen LogP contribution in [0.4, 0.5) is 5.82 Å². The van der Waals surface area contributed by atoms with E-state index >= 15 is 0 Å². The van der Waals surface area contributed by atoms with Crippen LogP contribution in [-0.4, -0.2) is 28.9 Å². The second-order valence-corrected chi connectivity index (χ2v) is 5.35. The van der Waals surface area contributed by atoms with Crippen LogP contribution in [0.1, 0.15) is 13.3 Å². The molecule has 0 aliphatic carbocycles. The van der Waals surface area contributed by atoms with Crippen LogP contribution in [0.3, 0.4) is 0 Å². The highest BCUT2D eigenvalue weighted by molar-refractivity contribution is 7.99. The molecule has 5 heteroatoms. The van der Waals surface area contributed by atoms with Crippen LogP contribution in [0.15, 0.2) is 47.6 Å². The molecule has 0 radical (unpaired) electrons. The minimum Gasteiger partial charge on any atom is -0.478 e. The molecule has 0 saturated heterocycles. The van der Waals surface area contributed by atoms with Gasteiger partial charge in [0.05, 0.1) is 6.61 Å². The summed E-state index contributed by atoms with van der Waals surface area (Å²) < 4.78 is 5.48. The normalized spacial score (nSPS) is 10.2. The fourth-order valence-electron chi connectivity index (χ4n) is 1.59. The maximum absolute atomic E-state index is 5.48. The summed E-state index contributed by atoms with van der Waals surface area (Å²) in [7, 11) is 0. The van der Waals surface area contributed by atoms with Crippen molar-refractivity contribution in [2.24, 2.45) is 0 Å². The highest BCUT2D eigenvalue weighted by atomic mass is 32.2. The van der Waals surface area contributed by atoms with Crippen LogP contribution < -0.4 is 10.1 Å².